The largest absolute Gasteiger partial charge is 0.312 e. The average Bonchev–Trinajstić information content (AvgIpc) is 2.54. The van der Waals surface area contributed by atoms with Crippen LogP contribution in [0.2, 0.25) is 0 Å². The summed E-state index contributed by atoms with van der Waals surface area (Å²) in [4.78, 5) is 0. The molecule has 30 heavy (non-hydrogen) atoms. The summed E-state index contributed by atoms with van der Waals surface area (Å²) in [6, 6.07) is 15.1. The van der Waals surface area contributed by atoms with E-state index < -0.39 is 37.6 Å². The van der Waals surface area contributed by atoms with Crippen molar-refractivity contribution >= 4 is 20.2 Å². The fourth-order valence-corrected chi connectivity index (χ4v) is 4.51. The first-order chi connectivity index (χ1) is 13.7. The van der Waals surface area contributed by atoms with E-state index in [2.05, 4.69) is 0 Å². The molecule has 2 aromatic rings. The van der Waals surface area contributed by atoms with Crippen LogP contribution >= 0.6 is 0 Å². The Morgan fingerprint density at radius 3 is 1.97 bits per heavy atom. The molecule has 0 amide bonds. The molecule has 2 aromatic carbocycles. The van der Waals surface area contributed by atoms with Crippen molar-refractivity contribution in [3.05, 3.63) is 70.8 Å². The molecule has 0 radical (unpaired) electrons. The Kier molecular flexibility index (Phi) is 9.15. The fourth-order valence-electron chi connectivity index (χ4n) is 3.20. The van der Waals surface area contributed by atoms with E-state index in [0.29, 0.717) is 6.42 Å². The van der Waals surface area contributed by atoms with Gasteiger partial charge < -0.3 is 11.5 Å². The lowest BCUT2D eigenvalue weighted by molar-refractivity contribution is 0.404. The van der Waals surface area contributed by atoms with Gasteiger partial charge in [-0.05, 0) is 37.0 Å². The zero-order valence-electron chi connectivity index (χ0n) is 17.3. The molecule has 0 aliphatic rings. The summed E-state index contributed by atoms with van der Waals surface area (Å²) in [6.45, 7) is 5.55. The van der Waals surface area contributed by atoms with Gasteiger partial charge in [0.2, 0.25) is 0 Å². The molecule has 0 spiro atoms. The van der Waals surface area contributed by atoms with Gasteiger partial charge in [-0.3, -0.25) is 9.11 Å². The van der Waals surface area contributed by atoms with Gasteiger partial charge >= 0.3 is 0 Å². The lowest BCUT2D eigenvalue weighted by Gasteiger charge is -2.34. The molecule has 0 bridgehead atoms. The summed E-state index contributed by atoms with van der Waals surface area (Å²) in [7, 11) is -7.99. The van der Waals surface area contributed by atoms with Gasteiger partial charge in [-0.25, -0.2) is 0 Å². The molecule has 0 heterocycles. The van der Waals surface area contributed by atoms with Gasteiger partial charge in [0.05, 0.1) is 11.4 Å². The molecule has 2 rings (SSSR count). The van der Waals surface area contributed by atoms with E-state index in [4.69, 9.17) is 16.0 Å². The topological polar surface area (TPSA) is 161 Å². The number of aryl methyl sites for hydroxylation is 2. The van der Waals surface area contributed by atoms with E-state index in [1.54, 1.807) is 6.92 Å². The maximum atomic E-state index is 11.4. The van der Waals surface area contributed by atoms with Crippen molar-refractivity contribution in [2.24, 2.45) is 11.5 Å². The monoisotopic (exact) mass is 458 g/mol. The van der Waals surface area contributed by atoms with Crippen LogP contribution in [0, 0.1) is 13.8 Å². The van der Waals surface area contributed by atoms with Gasteiger partial charge in [-0.1, -0.05) is 61.0 Å². The Bertz CT molecular complexity index is 1050. The minimum atomic E-state index is -4.32. The van der Waals surface area contributed by atoms with Crippen LogP contribution in [0.15, 0.2) is 48.5 Å². The molecule has 0 saturated carbocycles. The Morgan fingerprint density at radius 1 is 0.933 bits per heavy atom. The number of nitrogens with two attached hydrogens (primary N) is 2. The first-order valence-corrected chi connectivity index (χ1v) is 12.5. The number of rotatable bonds is 7. The maximum absolute atomic E-state index is 11.4. The van der Waals surface area contributed by atoms with E-state index in [1.807, 2.05) is 62.4 Å². The molecule has 0 aliphatic carbocycles. The van der Waals surface area contributed by atoms with Crippen molar-refractivity contribution in [2.75, 3.05) is 11.5 Å². The third kappa shape index (κ3) is 8.90. The minimum absolute atomic E-state index is 0.132. The molecule has 0 fully saturated rings. The second-order valence-electron chi connectivity index (χ2n) is 7.33. The highest BCUT2D eigenvalue weighted by atomic mass is 32.2. The Balaban J connectivity index is 0.000000553. The second kappa shape index (κ2) is 10.5. The van der Waals surface area contributed by atoms with Crippen LogP contribution in [-0.4, -0.2) is 43.1 Å². The Hall–Kier alpha value is -1.82. The number of benzene rings is 2. The predicted molar refractivity (Wildman–Crippen MR) is 118 cm³/mol. The number of hydrogen-bond donors (Lipinski definition) is 4. The SMILES string of the molecule is CCCS(=O)(=O)O.Cc1cccc(C(c2ccccc2C)C(N)(N)CS(=O)(=O)O)c1. The zero-order chi connectivity index (χ0) is 23.2. The highest BCUT2D eigenvalue weighted by Crippen LogP contribution is 2.34. The summed E-state index contributed by atoms with van der Waals surface area (Å²) in [5, 5.41) is 0. The van der Waals surface area contributed by atoms with E-state index >= 15 is 0 Å². The quantitative estimate of drug-likeness (QED) is 0.363. The van der Waals surface area contributed by atoms with Crippen LogP contribution in [0.5, 0.6) is 0 Å². The lowest BCUT2D eigenvalue weighted by atomic mass is 9.80. The highest BCUT2D eigenvalue weighted by Gasteiger charge is 2.38. The van der Waals surface area contributed by atoms with Gasteiger partial charge in [0.25, 0.3) is 20.2 Å². The van der Waals surface area contributed by atoms with Crippen LogP contribution in [0.4, 0.5) is 0 Å². The van der Waals surface area contributed by atoms with Crippen LogP contribution in [0.25, 0.3) is 0 Å². The van der Waals surface area contributed by atoms with E-state index in [0.717, 1.165) is 22.3 Å². The van der Waals surface area contributed by atoms with Crippen molar-refractivity contribution in [3.63, 3.8) is 0 Å². The van der Waals surface area contributed by atoms with Crippen LogP contribution in [0.1, 0.15) is 41.5 Å². The third-order valence-electron chi connectivity index (χ3n) is 4.31. The first-order valence-electron chi connectivity index (χ1n) is 9.26. The van der Waals surface area contributed by atoms with Gasteiger partial charge in [0, 0.05) is 5.92 Å². The van der Waals surface area contributed by atoms with Gasteiger partial charge in [-0.2, -0.15) is 16.8 Å². The van der Waals surface area contributed by atoms with Crippen molar-refractivity contribution in [1.82, 2.24) is 0 Å². The number of hydrogen-bond acceptors (Lipinski definition) is 6. The van der Waals surface area contributed by atoms with Crippen LogP contribution < -0.4 is 11.5 Å². The van der Waals surface area contributed by atoms with Gasteiger partial charge in [-0.15, -0.1) is 0 Å². The standard InChI is InChI=1S/C17H22N2O3S.C3H8O3S/c1-12-6-5-8-14(10-12)16(15-9-4-3-7-13(15)2)17(18,19)11-23(20,21)22;1-2-3-7(4,5)6/h3-10,16H,11,18-19H2,1-2H3,(H,20,21,22);2-3H2,1H3,(H,4,5,6). The van der Waals surface area contributed by atoms with Crippen molar-refractivity contribution in [3.8, 4) is 0 Å². The zero-order valence-corrected chi connectivity index (χ0v) is 18.9. The van der Waals surface area contributed by atoms with Crippen LogP contribution in [-0.2, 0) is 20.2 Å². The van der Waals surface area contributed by atoms with E-state index in [1.165, 1.54) is 0 Å². The summed E-state index contributed by atoms with van der Waals surface area (Å²) in [5.41, 5.74) is 14.3. The molecule has 1 unspecified atom stereocenters. The average molecular weight is 459 g/mol. The first kappa shape index (κ1) is 26.2. The highest BCUT2D eigenvalue weighted by molar-refractivity contribution is 7.86. The molecule has 0 aliphatic heterocycles. The van der Waals surface area contributed by atoms with Crippen molar-refractivity contribution < 1.29 is 25.9 Å². The fraction of sp³-hybridized carbons (Fsp3) is 0.400. The maximum Gasteiger partial charge on any atom is 0.268 e. The van der Waals surface area contributed by atoms with Gasteiger partial charge in [0.1, 0.15) is 5.75 Å². The molecular formula is C20H30N2O6S2. The predicted octanol–water partition coefficient (Wildman–Crippen LogP) is 2.22. The molecule has 6 N–H and O–H groups in total. The normalized spacial score (nSPS) is 13.3. The summed E-state index contributed by atoms with van der Waals surface area (Å²) < 4.78 is 59.5. The summed E-state index contributed by atoms with van der Waals surface area (Å²) >= 11 is 0. The lowest BCUT2D eigenvalue weighted by Crippen LogP contribution is -2.59. The molecule has 168 valence electrons. The van der Waals surface area contributed by atoms with E-state index in [-0.39, 0.29) is 5.75 Å². The Morgan fingerprint density at radius 2 is 1.53 bits per heavy atom. The third-order valence-corrected chi connectivity index (χ3v) is 6.10. The smallest absolute Gasteiger partial charge is 0.268 e. The van der Waals surface area contributed by atoms with Crippen LogP contribution in [0.3, 0.4) is 0 Å². The van der Waals surface area contributed by atoms with Crippen molar-refractivity contribution in [2.45, 2.75) is 38.8 Å². The molecular weight excluding hydrogens is 428 g/mol. The summed E-state index contributed by atoms with van der Waals surface area (Å²) in [6.07, 6.45) is 0.471. The van der Waals surface area contributed by atoms with Crippen molar-refractivity contribution in [1.29, 1.82) is 0 Å². The molecule has 0 saturated heterocycles. The molecule has 0 aromatic heterocycles. The molecule has 10 heteroatoms. The van der Waals surface area contributed by atoms with E-state index in [9.17, 15) is 21.4 Å². The molecule has 8 nitrogen and oxygen atoms in total. The van der Waals surface area contributed by atoms with Gasteiger partial charge in [0.15, 0.2) is 0 Å². The summed E-state index contributed by atoms with van der Waals surface area (Å²) in [5.74, 6) is -1.43. The molecule has 1 atom stereocenters. The second-order valence-corrected chi connectivity index (χ2v) is 10.4. The Labute approximate surface area is 178 Å². The minimum Gasteiger partial charge on any atom is -0.312 e.